The first kappa shape index (κ1) is 79.3. The predicted octanol–water partition coefficient (Wildman–Crippen LogP) is 14.2. The molecule has 496 valence electrons. The van der Waals surface area contributed by atoms with E-state index in [0.29, 0.717) is 0 Å². The van der Waals surface area contributed by atoms with Gasteiger partial charge >= 0.3 is 89.5 Å². The molecule has 12 aromatic carbocycles. The topological polar surface area (TPSA) is 0 Å². The van der Waals surface area contributed by atoms with Crippen LogP contribution in [0.1, 0.15) is 22.3 Å². The van der Waals surface area contributed by atoms with Crippen LogP contribution in [-0.4, -0.2) is 40.8 Å². The Kier molecular flexibility index (Phi) is 31.3. The van der Waals surface area contributed by atoms with Crippen molar-refractivity contribution in [2.24, 2.45) is 0 Å². The SMILES string of the molecule is [Au+].[Au+].[Au+].[Au+].[C-]#Cc1ccc2c(c1)-c1ccc(C#[C-])cc1[Si]2(C)C.[C-]#Cc1ccc2c(c1)-c1ccc(C#[C-])cc1[Si]2(C)C.c1ccc([PH+](CC[PH+](c2ccccc2)c2ccccc2)c2ccccc2)cc1.c1ccc([PH+](CC[PH+](c2ccccc2)c2ccccc2)c2ccccc2)cc1. The molecule has 0 atom stereocenters. The molecule has 0 amide bonds. The number of hydrogen-bond acceptors (Lipinski definition) is 0. The molecular formula is C88H76Au4P4Si2+4. The van der Waals surface area contributed by atoms with Gasteiger partial charge in [0.25, 0.3) is 0 Å². The Morgan fingerprint density at radius 2 is 0.408 bits per heavy atom. The summed E-state index contributed by atoms with van der Waals surface area (Å²) in [5.41, 5.74) is 8.29. The van der Waals surface area contributed by atoms with Crippen molar-refractivity contribution in [3.05, 3.63) is 363 Å². The van der Waals surface area contributed by atoms with E-state index >= 15 is 0 Å². The molecule has 10 heteroatoms. The van der Waals surface area contributed by atoms with Crippen molar-refractivity contribution in [1.82, 2.24) is 0 Å². The third kappa shape index (κ3) is 19.3. The average molecular weight is 2100 g/mol. The molecule has 0 N–H and O–H groups in total. The van der Waals surface area contributed by atoms with E-state index in [9.17, 15) is 0 Å². The monoisotopic (exact) mass is 2100 g/mol. The number of fused-ring (bicyclic) bond motifs is 6. The molecule has 2 aliphatic rings. The largest absolute Gasteiger partial charge is 1.00 e. The maximum Gasteiger partial charge on any atom is 1.00 e. The molecule has 2 aliphatic heterocycles. The van der Waals surface area contributed by atoms with Gasteiger partial charge in [0.05, 0.1) is 74.1 Å². The van der Waals surface area contributed by atoms with Crippen LogP contribution < -0.4 is 63.2 Å². The second kappa shape index (κ2) is 38.7. The number of rotatable bonds is 14. The second-order valence-corrected chi connectivity index (χ2v) is 43.7. The van der Waals surface area contributed by atoms with Crippen LogP contribution in [0.4, 0.5) is 0 Å². The van der Waals surface area contributed by atoms with Gasteiger partial charge in [-0.1, -0.05) is 206 Å². The van der Waals surface area contributed by atoms with Gasteiger partial charge in [0.1, 0.15) is 40.8 Å². The molecule has 0 saturated heterocycles. The normalized spacial score (nSPS) is 11.8. The van der Waals surface area contributed by atoms with E-state index in [2.05, 4.69) is 341 Å². The molecule has 12 aromatic rings. The number of hydrogen-bond donors (Lipinski definition) is 0. The van der Waals surface area contributed by atoms with Crippen LogP contribution in [0, 0.1) is 49.4 Å². The molecule has 0 fully saturated rings. The summed E-state index contributed by atoms with van der Waals surface area (Å²) in [6.07, 6.45) is 34.2. The second-order valence-electron chi connectivity index (χ2n) is 24.6. The van der Waals surface area contributed by atoms with E-state index in [-0.39, 0.29) is 89.5 Å². The molecule has 98 heavy (non-hydrogen) atoms. The first-order chi connectivity index (χ1) is 46.0. The average Bonchev–Trinajstić information content (AvgIpc) is 1.59. The van der Waals surface area contributed by atoms with Gasteiger partial charge in [-0.2, -0.15) is 0 Å². The van der Waals surface area contributed by atoms with E-state index in [1.165, 1.54) is 110 Å². The summed E-state index contributed by atoms with van der Waals surface area (Å²) < 4.78 is 0. The molecule has 0 aromatic heterocycles. The Bertz CT molecular complexity index is 4050. The molecule has 0 aliphatic carbocycles. The molecule has 0 spiro atoms. The van der Waals surface area contributed by atoms with Gasteiger partial charge in [-0.3, -0.25) is 23.7 Å². The quantitative estimate of drug-likeness (QED) is 0.0441. The predicted molar refractivity (Wildman–Crippen MR) is 424 cm³/mol. The Morgan fingerprint density at radius 3 is 0.602 bits per heavy atom. The first-order valence-corrected chi connectivity index (χ1v) is 45.0. The third-order valence-corrected chi connectivity index (χ3v) is 37.5. The molecule has 0 radical (unpaired) electrons. The van der Waals surface area contributed by atoms with Crippen molar-refractivity contribution in [3.63, 3.8) is 0 Å². The minimum Gasteiger partial charge on any atom is -0.366 e. The van der Waals surface area contributed by atoms with E-state index in [0.717, 1.165) is 22.3 Å². The van der Waals surface area contributed by atoms with Gasteiger partial charge in [-0.05, 0) is 130 Å². The zero-order valence-electron chi connectivity index (χ0n) is 55.1. The van der Waals surface area contributed by atoms with Crippen molar-refractivity contribution in [2.45, 2.75) is 26.2 Å². The summed E-state index contributed by atoms with van der Waals surface area (Å²) in [7, 11) is -6.49. The van der Waals surface area contributed by atoms with Crippen LogP contribution in [0.2, 0.25) is 26.2 Å². The van der Waals surface area contributed by atoms with E-state index in [1.807, 2.05) is 24.3 Å². The van der Waals surface area contributed by atoms with Crippen LogP contribution in [0.15, 0.2) is 315 Å². The minimum absolute atomic E-state index is 0. The molecule has 0 bridgehead atoms. The Hall–Kier alpha value is -6.01. The summed E-state index contributed by atoms with van der Waals surface area (Å²) >= 11 is 0. The zero-order valence-corrected chi connectivity index (χ0v) is 69.7. The van der Waals surface area contributed by atoms with Gasteiger partial charge < -0.3 is 25.7 Å². The zero-order chi connectivity index (χ0) is 65.3. The summed E-state index contributed by atoms with van der Waals surface area (Å²) in [5.74, 6) is 9.87. The minimum atomic E-state index is -1.68. The molecule has 0 saturated carbocycles. The Balaban J connectivity index is 0.000000184. The first-order valence-electron chi connectivity index (χ1n) is 32.2. The maximum absolute atomic E-state index is 7.29. The standard InChI is InChI=1S/2C26H24P2.2C18H12Si.4Au/c2*1-5-13-23(14-6-1)27(24-15-7-2-8-16-24)21-22-28(25-17-9-3-10-18-25)26-19-11-4-12-20-26;2*1-5-13-8-10-17-16(11-13)15-9-7-14(6-2)12-18(15)19(17,3)4;;;;/h2*1-20H,21-22H2;2*7-12H,3-4H3;;;;/q;;2*-2;4*+1/p+4. The van der Waals surface area contributed by atoms with Crippen LogP contribution in [0.5, 0.6) is 0 Å². The van der Waals surface area contributed by atoms with Crippen LogP contribution in [0.3, 0.4) is 0 Å². The van der Waals surface area contributed by atoms with E-state index in [1.54, 1.807) is 0 Å². The van der Waals surface area contributed by atoms with Crippen molar-refractivity contribution in [2.75, 3.05) is 24.6 Å². The fourth-order valence-electron chi connectivity index (χ4n) is 13.3. The van der Waals surface area contributed by atoms with Crippen molar-refractivity contribution < 1.29 is 89.5 Å². The Morgan fingerprint density at radius 1 is 0.224 bits per heavy atom. The fraction of sp³-hybridized carbons (Fsp3) is 0.0909. The van der Waals surface area contributed by atoms with Crippen LogP contribution >= 0.6 is 31.7 Å². The molecule has 0 nitrogen and oxygen atoms in total. The summed E-state index contributed by atoms with van der Waals surface area (Å²) in [6, 6.07) is 114. The van der Waals surface area contributed by atoms with Crippen molar-refractivity contribution >= 4 is 111 Å². The Labute approximate surface area is 653 Å². The fourth-order valence-corrected chi connectivity index (χ4v) is 31.8. The van der Waals surface area contributed by atoms with E-state index < -0.39 is 47.8 Å². The van der Waals surface area contributed by atoms with Crippen molar-refractivity contribution in [3.8, 4) is 45.9 Å². The van der Waals surface area contributed by atoms with Gasteiger partial charge in [0.15, 0.2) is 0 Å². The third-order valence-electron chi connectivity index (χ3n) is 18.2. The summed E-state index contributed by atoms with van der Waals surface area (Å²) in [4.78, 5) is 0. The summed E-state index contributed by atoms with van der Waals surface area (Å²) in [6.45, 7) is 9.33. The number of benzene rings is 12. The maximum atomic E-state index is 7.29. The van der Waals surface area contributed by atoms with Crippen LogP contribution in [0.25, 0.3) is 22.3 Å². The van der Waals surface area contributed by atoms with Crippen molar-refractivity contribution in [1.29, 1.82) is 0 Å². The van der Waals surface area contributed by atoms with E-state index in [4.69, 9.17) is 25.7 Å². The van der Waals surface area contributed by atoms with Gasteiger partial charge in [-0.25, -0.2) is 0 Å². The smallest absolute Gasteiger partial charge is 0.366 e. The molecule has 0 unspecified atom stereocenters. The van der Waals surface area contributed by atoms with Gasteiger partial charge in [-0.15, -0.1) is 70.8 Å². The van der Waals surface area contributed by atoms with Gasteiger partial charge in [0, 0.05) is 0 Å². The molecular weight excluding hydrogens is 2020 g/mol. The molecule has 14 rings (SSSR count). The molecule has 2 heterocycles. The van der Waals surface area contributed by atoms with Gasteiger partial charge in [0.2, 0.25) is 0 Å². The van der Waals surface area contributed by atoms with Crippen LogP contribution in [-0.2, 0) is 89.5 Å². The summed E-state index contributed by atoms with van der Waals surface area (Å²) in [5, 5.41) is 17.7.